The maximum atomic E-state index is 5.67. The van der Waals surface area contributed by atoms with Gasteiger partial charge in [0.25, 0.3) is 0 Å². The van der Waals surface area contributed by atoms with E-state index in [1.54, 1.807) is 7.11 Å². The molecular formula is C15H19N3O. The van der Waals surface area contributed by atoms with Crippen LogP contribution in [0.4, 0.5) is 0 Å². The Morgan fingerprint density at radius 1 is 1.21 bits per heavy atom. The second-order valence-electron chi connectivity index (χ2n) is 4.36. The van der Waals surface area contributed by atoms with Gasteiger partial charge in [-0.15, -0.1) is 0 Å². The predicted molar refractivity (Wildman–Crippen MR) is 75.6 cm³/mol. The van der Waals surface area contributed by atoms with Crippen molar-refractivity contribution in [2.24, 2.45) is 5.84 Å². The third kappa shape index (κ3) is 3.53. The van der Waals surface area contributed by atoms with Crippen LogP contribution in [0.25, 0.3) is 0 Å². The molecule has 2 aromatic rings. The largest absolute Gasteiger partial charge is 0.496 e. The van der Waals surface area contributed by atoms with Crippen LogP contribution in [-0.2, 0) is 6.42 Å². The van der Waals surface area contributed by atoms with E-state index < -0.39 is 0 Å². The second-order valence-corrected chi connectivity index (χ2v) is 4.36. The minimum absolute atomic E-state index is 0.0734. The zero-order chi connectivity index (χ0) is 13.5. The first-order chi connectivity index (χ1) is 9.35. The van der Waals surface area contributed by atoms with Crippen molar-refractivity contribution in [3.8, 4) is 5.75 Å². The SMILES string of the molecule is COc1ccccc1C(CCc1ccncc1)NN. The predicted octanol–water partition coefficient (Wildman–Crippen LogP) is 2.23. The summed E-state index contributed by atoms with van der Waals surface area (Å²) in [4.78, 5) is 4.02. The molecule has 3 N–H and O–H groups in total. The molecule has 4 heteroatoms. The van der Waals surface area contributed by atoms with E-state index in [9.17, 15) is 0 Å². The summed E-state index contributed by atoms with van der Waals surface area (Å²) in [6.45, 7) is 0. The van der Waals surface area contributed by atoms with Crippen LogP contribution < -0.4 is 16.0 Å². The number of rotatable bonds is 6. The average Bonchev–Trinajstić information content (AvgIpc) is 2.49. The Morgan fingerprint density at radius 3 is 2.63 bits per heavy atom. The van der Waals surface area contributed by atoms with Crippen LogP contribution in [0, 0.1) is 0 Å². The number of para-hydroxylation sites is 1. The van der Waals surface area contributed by atoms with Crippen molar-refractivity contribution in [3.63, 3.8) is 0 Å². The summed E-state index contributed by atoms with van der Waals surface area (Å²) in [6.07, 6.45) is 5.46. The van der Waals surface area contributed by atoms with E-state index in [-0.39, 0.29) is 6.04 Å². The number of ether oxygens (including phenoxy) is 1. The number of methoxy groups -OCH3 is 1. The van der Waals surface area contributed by atoms with Gasteiger partial charge in [-0.25, -0.2) is 0 Å². The summed E-state index contributed by atoms with van der Waals surface area (Å²) in [5, 5.41) is 0. The summed E-state index contributed by atoms with van der Waals surface area (Å²) in [5.41, 5.74) is 5.21. The fourth-order valence-electron chi connectivity index (χ4n) is 2.14. The molecule has 4 nitrogen and oxygen atoms in total. The van der Waals surface area contributed by atoms with Crippen LogP contribution in [0.1, 0.15) is 23.6 Å². The Hall–Kier alpha value is -1.91. The van der Waals surface area contributed by atoms with Crippen molar-refractivity contribution >= 4 is 0 Å². The third-order valence-corrected chi connectivity index (χ3v) is 3.19. The van der Waals surface area contributed by atoms with Crippen molar-refractivity contribution < 1.29 is 4.74 Å². The molecule has 19 heavy (non-hydrogen) atoms. The number of nitrogens with one attached hydrogen (secondary N) is 1. The molecule has 0 spiro atoms. The highest BCUT2D eigenvalue weighted by Gasteiger charge is 2.14. The summed E-state index contributed by atoms with van der Waals surface area (Å²) in [5.74, 6) is 6.54. The number of hydrogen-bond donors (Lipinski definition) is 2. The van der Waals surface area contributed by atoms with Gasteiger partial charge in [0.05, 0.1) is 7.11 Å². The topological polar surface area (TPSA) is 60.2 Å². The number of benzene rings is 1. The zero-order valence-corrected chi connectivity index (χ0v) is 11.0. The van der Waals surface area contributed by atoms with Crippen molar-refractivity contribution in [1.82, 2.24) is 10.4 Å². The molecule has 1 unspecified atom stereocenters. The summed E-state index contributed by atoms with van der Waals surface area (Å²) in [7, 11) is 1.68. The molecular weight excluding hydrogens is 238 g/mol. The molecule has 2 rings (SSSR count). The summed E-state index contributed by atoms with van der Waals surface area (Å²) in [6, 6.07) is 12.1. The fraction of sp³-hybridized carbons (Fsp3) is 0.267. The first-order valence-corrected chi connectivity index (χ1v) is 6.33. The van der Waals surface area contributed by atoms with Crippen molar-refractivity contribution in [1.29, 1.82) is 0 Å². The maximum Gasteiger partial charge on any atom is 0.123 e. The minimum Gasteiger partial charge on any atom is -0.496 e. The molecule has 0 fully saturated rings. The Labute approximate surface area is 113 Å². The highest BCUT2D eigenvalue weighted by atomic mass is 16.5. The third-order valence-electron chi connectivity index (χ3n) is 3.19. The Kier molecular flexibility index (Phi) is 4.89. The van der Waals surface area contributed by atoms with Gasteiger partial charge in [0.15, 0.2) is 0 Å². The number of aromatic nitrogens is 1. The van der Waals surface area contributed by atoms with Gasteiger partial charge >= 0.3 is 0 Å². The lowest BCUT2D eigenvalue weighted by molar-refractivity contribution is 0.396. The molecule has 1 aromatic carbocycles. The Morgan fingerprint density at radius 2 is 1.95 bits per heavy atom. The van der Waals surface area contributed by atoms with Crippen LogP contribution in [0.3, 0.4) is 0 Å². The lowest BCUT2D eigenvalue weighted by Gasteiger charge is -2.19. The van der Waals surface area contributed by atoms with Crippen molar-refractivity contribution in [3.05, 3.63) is 59.9 Å². The van der Waals surface area contributed by atoms with Crippen molar-refractivity contribution in [2.75, 3.05) is 7.11 Å². The van der Waals surface area contributed by atoms with E-state index in [0.29, 0.717) is 0 Å². The monoisotopic (exact) mass is 257 g/mol. The first kappa shape index (κ1) is 13.5. The standard InChI is InChI=1S/C15H19N3O/c1-19-15-5-3-2-4-13(15)14(18-16)7-6-12-8-10-17-11-9-12/h2-5,8-11,14,18H,6-7,16H2,1H3. The molecule has 1 heterocycles. The number of nitrogens with two attached hydrogens (primary N) is 1. The number of hydrazine groups is 1. The number of aryl methyl sites for hydroxylation is 1. The maximum absolute atomic E-state index is 5.67. The first-order valence-electron chi connectivity index (χ1n) is 6.33. The normalized spacial score (nSPS) is 12.1. The van der Waals surface area contributed by atoms with Gasteiger partial charge in [-0.1, -0.05) is 18.2 Å². The zero-order valence-electron chi connectivity index (χ0n) is 11.0. The van der Waals surface area contributed by atoms with Crippen molar-refractivity contribution in [2.45, 2.75) is 18.9 Å². The number of hydrogen-bond acceptors (Lipinski definition) is 4. The van der Waals surface area contributed by atoms with Gasteiger partial charge in [-0.05, 0) is 36.6 Å². The second kappa shape index (κ2) is 6.87. The molecule has 100 valence electrons. The molecule has 0 radical (unpaired) electrons. The van der Waals surface area contributed by atoms with E-state index in [1.807, 2.05) is 48.8 Å². The molecule has 1 aromatic heterocycles. The van der Waals surface area contributed by atoms with E-state index in [4.69, 9.17) is 10.6 Å². The van der Waals surface area contributed by atoms with Crippen LogP contribution in [0.5, 0.6) is 5.75 Å². The van der Waals surface area contributed by atoms with Gasteiger partial charge < -0.3 is 4.74 Å². The molecule has 0 aliphatic heterocycles. The van der Waals surface area contributed by atoms with E-state index in [1.165, 1.54) is 5.56 Å². The van der Waals surface area contributed by atoms with Crippen LogP contribution >= 0.6 is 0 Å². The van der Waals surface area contributed by atoms with E-state index >= 15 is 0 Å². The average molecular weight is 257 g/mol. The summed E-state index contributed by atoms with van der Waals surface area (Å²) < 4.78 is 5.37. The number of nitrogens with zero attached hydrogens (tertiary/aromatic N) is 1. The molecule has 0 bridgehead atoms. The molecule has 0 aliphatic rings. The Bertz CT molecular complexity index is 502. The van der Waals surface area contributed by atoms with Gasteiger partial charge in [0, 0.05) is 24.0 Å². The minimum atomic E-state index is 0.0734. The molecule has 0 amide bonds. The number of pyridine rings is 1. The van der Waals surface area contributed by atoms with Crippen LogP contribution in [0.2, 0.25) is 0 Å². The Balaban J connectivity index is 2.08. The lowest BCUT2D eigenvalue weighted by Crippen LogP contribution is -2.28. The lowest BCUT2D eigenvalue weighted by atomic mass is 9.99. The van der Waals surface area contributed by atoms with Gasteiger partial charge in [0.2, 0.25) is 0 Å². The molecule has 0 saturated carbocycles. The fourth-order valence-corrected chi connectivity index (χ4v) is 2.14. The van der Waals surface area contributed by atoms with Crippen LogP contribution in [-0.4, -0.2) is 12.1 Å². The van der Waals surface area contributed by atoms with E-state index in [2.05, 4.69) is 10.4 Å². The quantitative estimate of drug-likeness (QED) is 0.615. The van der Waals surface area contributed by atoms with E-state index in [0.717, 1.165) is 24.2 Å². The highest BCUT2D eigenvalue weighted by molar-refractivity contribution is 5.35. The highest BCUT2D eigenvalue weighted by Crippen LogP contribution is 2.27. The molecule has 1 atom stereocenters. The molecule has 0 saturated heterocycles. The summed E-state index contributed by atoms with van der Waals surface area (Å²) >= 11 is 0. The van der Waals surface area contributed by atoms with Gasteiger partial charge in [-0.3, -0.25) is 16.3 Å². The smallest absolute Gasteiger partial charge is 0.123 e. The molecule has 0 aliphatic carbocycles. The van der Waals surface area contributed by atoms with Gasteiger partial charge in [-0.2, -0.15) is 0 Å². The van der Waals surface area contributed by atoms with Crippen LogP contribution in [0.15, 0.2) is 48.8 Å². The van der Waals surface area contributed by atoms with Gasteiger partial charge in [0.1, 0.15) is 5.75 Å².